The highest BCUT2D eigenvalue weighted by Gasteiger charge is 2.36. The van der Waals surface area contributed by atoms with E-state index in [2.05, 4.69) is 68.4 Å². The average molecular weight is 278 g/mol. The molecule has 0 saturated heterocycles. The summed E-state index contributed by atoms with van der Waals surface area (Å²) in [5.74, 6) is 0. The van der Waals surface area contributed by atoms with Gasteiger partial charge in [-0.3, -0.25) is 0 Å². The fourth-order valence-corrected chi connectivity index (χ4v) is 2.33. The Labute approximate surface area is 118 Å². The van der Waals surface area contributed by atoms with E-state index < -0.39 is 8.32 Å². The van der Waals surface area contributed by atoms with Crippen LogP contribution in [0.3, 0.4) is 0 Å². The number of azo groups is 1. The van der Waals surface area contributed by atoms with Crippen molar-refractivity contribution in [3.63, 3.8) is 0 Å². The van der Waals surface area contributed by atoms with Gasteiger partial charge in [-0.15, -0.1) is 0 Å². The van der Waals surface area contributed by atoms with Gasteiger partial charge in [0.2, 0.25) is 0 Å². The summed E-state index contributed by atoms with van der Waals surface area (Å²) >= 11 is 0. The Balaban J connectivity index is 2.59. The zero-order valence-corrected chi connectivity index (χ0v) is 14.0. The van der Waals surface area contributed by atoms with Gasteiger partial charge in [-0.25, -0.2) is 0 Å². The largest absolute Gasteiger partial charge is 0.413 e. The monoisotopic (exact) mass is 278 g/mol. The van der Waals surface area contributed by atoms with E-state index in [1.807, 2.05) is 0 Å². The van der Waals surface area contributed by atoms with Gasteiger partial charge in [0.1, 0.15) is 0 Å². The zero-order chi connectivity index (χ0) is 14.5. The molecule has 0 N–H and O–H groups in total. The van der Waals surface area contributed by atoms with E-state index in [0.29, 0.717) is 13.2 Å². The molecule has 3 nitrogen and oxygen atoms in total. The molecule has 0 atom stereocenters. The van der Waals surface area contributed by atoms with Gasteiger partial charge < -0.3 is 4.43 Å². The molecule has 0 aliphatic heterocycles. The predicted octanol–water partition coefficient (Wildman–Crippen LogP) is 4.79. The molecule has 0 heterocycles. The van der Waals surface area contributed by atoms with Crippen LogP contribution in [0.2, 0.25) is 18.1 Å². The molecule has 0 bridgehead atoms. The number of benzene rings is 1. The Bertz CT molecular complexity index is 419. The van der Waals surface area contributed by atoms with Crippen molar-refractivity contribution in [3.05, 3.63) is 35.4 Å². The van der Waals surface area contributed by atoms with Crippen LogP contribution in [0.15, 0.2) is 34.5 Å². The van der Waals surface area contributed by atoms with Gasteiger partial charge in [0.25, 0.3) is 0 Å². The lowest BCUT2D eigenvalue weighted by Gasteiger charge is -2.36. The van der Waals surface area contributed by atoms with Gasteiger partial charge in [-0.1, -0.05) is 45.0 Å². The number of nitrogens with zero attached hydrogens (tertiary/aromatic N) is 2. The van der Waals surface area contributed by atoms with Crippen LogP contribution >= 0.6 is 0 Å². The summed E-state index contributed by atoms with van der Waals surface area (Å²) in [6, 6.07) is 8.43. The average Bonchev–Trinajstić information content (AvgIpc) is 2.34. The van der Waals surface area contributed by atoms with E-state index in [9.17, 15) is 0 Å². The van der Waals surface area contributed by atoms with Crippen LogP contribution in [0.4, 0.5) is 0 Å². The minimum absolute atomic E-state index is 0.258. The molecular formula is C15H26N2OSi. The molecule has 106 valence electrons. The van der Waals surface area contributed by atoms with E-state index in [4.69, 9.17) is 4.43 Å². The highest BCUT2D eigenvalue weighted by molar-refractivity contribution is 6.74. The maximum Gasteiger partial charge on any atom is 0.192 e. The van der Waals surface area contributed by atoms with Crippen molar-refractivity contribution in [2.45, 2.75) is 52.1 Å². The van der Waals surface area contributed by atoms with Crippen molar-refractivity contribution in [1.29, 1.82) is 0 Å². The lowest BCUT2D eigenvalue weighted by atomic mass is 10.1. The van der Waals surface area contributed by atoms with Crippen LogP contribution in [0.1, 0.15) is 31.9 Å². The van der Waals surface area contributed by atoms with Gasteiger partial charge in [-0.05, 0) is 29.3 Å². The zero-order valence-electron chi connectivity index (χ0n) is 13.0. The fourth-order valence-electron chi connectivity index (χ4n) is 1.37. The second kappa shape index (κ2) is 6.44. The molecule has 1 rings (SSSR count). The fraction of sp³-hybridized carbons (Fsp3) is 0.600. The van der Waals surface area contributed by atoms with Gasteiger partial charge in [0.05, 0.1) is 13.2 Å². The molecule has 19 heavy (non-hydrogen) atoms. The molecule has 1 aromatic rings. The lowest BCUT2D eigenvalue weighted by Crippen LogP contribution is -2.40. The van der Waals surface area contributed by atoms with E-state index >= 15 is 0 Å². The third kappa shape index (κ3) is 4.88. The van der Waals surface area contributed by atoms with Crippen LogP contribution in [0.5, 0.6) is 0 Å². The molecule has 0 aromatic heterocycles. The first kappa shape index (κ1) is 16.1. The molecule has 0 unspecified atom stereocenters. The molecule has 0 radical (unpaired) electrons. The van der Waals surface area contributed by atoms with Crippen molar-refractivity contribution in [2.24, 2.45) is 10.2 Å². The first-order valence-corrected chi connectivity index (χ1v) is 9.64. The second-order valence-electron chi connectivity index (χ2n) is 6.37. The first-order valence-electron chi connectivity index (χ1n) is 6.73. The SMILES string of the molecule is C/N=N\Cc1ccc(CO[Si](C)(C)C(C)(C)C)cc1. The van der Waals surface area contributed by atoms with Gasteiger partial charge in [0.15, 0.2) is 8.32 Å². The van der Waals surface area contributed by atoms with E-state index in [1.54, 1.807) is 7.05 Å². The molecule has 0 saturated carbocycles. The maximum absolute atomic E-state index is 6.20. The van der Waals surface area contributed by atoms with Crippen LogP contribution in [-0.4, -0.2) is 15.4 Å². The lowest BCUT2D eigenvalue weighted by molar-refractivity contribution is 0.276. The van der Waals surface area contributed by atoms with Gasteiger partial charge in [0, 0.05) is 7.05 Å². The summed E-state index contributed by atoms with van der Waals surface area (Å²) in [5, 5.41) is 8.00. The highest BCUT2D eigenvalue weighted by Crippen LogP contribution is 2.37. The van der Waals surface area contributed by atoms with Crippen molar-refractivity contribution in [2.75, 3.05) is 7.05 Å². The van der Waals surface area contributed by atoms with Crippen LogP contribution < -0.4 is 0 Å². The van der Waals surface area contributed by atoms with Crippen molar-refractivity contribution >= 4 is 8.32 Å². The Morgan fingerprint density at radius 2 is 1.58 bits per heavy atom. The third-order valence-corrected chi connectivity index (χ3v) is 8.30. The topological polar surface area (TPSA) is 34.0 Å². The van der Waals surface area contributed by atoms with Gasteiger partial charge in [-0.2, -0.15) is 10.2 Å². The molecule has 0 fully saturated rings. The Morgan fingerprint density at radius 3 is 2.05 bits per heavy atom. The molecule has 0 spiro atoms. The van der Waals surface area contributed by atoms with E-state index in [1.165, 1.54) is 11.1 Å². The molecule has 0 aliphatic rings. The van der Waals surface area contributed by atoms with Crippen LogP contribution in [0.25, 0.3) is 0 Å². The Kier molecular flexibility index (Phi) is 5.44. The second-order valence-corrected chi connectivity index (χ2v) is 11.2. The first-order chi connectivity index (χ1) is 8.76. The summed E-state index contributed by atoms with van der Waals surface area (Å²) in [6.07, 6.45) is 0. The molecule has 4 heteroatoms. The normalized spacial score (nSPS) is 13.2. The maximum atomic E-state index is 6.20. The van der Waals surface area contributed by atoms with Crippen LogP contribution in [-0.2, 0) is 17.6 Å². The molecule has 1 aromatic carbocycles. The Morgan fingerprint density at radius 1 is 1.05 bits per heavy atom. The van der Waals surface area contributed by atoms with E-state index in [-0.39, 0.29) is 5.04 Å². The quantitative estimate of drug-likeness (QED) is 0.563. The third-order valence-electron chi connectivity index (χ3n) is 3.82. The predicted molar refractivity (Wildman–Crippen MR) is 82.9 cm³/mol. The minimum atomic E-state index is -1.66. The van der Waals surface area contributed by atoms with Crippen LogP contribution in [0, 0.1) is 0 Å². The summed E-state index contributed by atoms with van der Waals surface area (Å²) in [6.45, 7) is 12.7. The summed E-state index contributed by atoms with van der Waals surface area (Å²) in [4.78, 5) is 0. The Hall–Kier alpha value is -1.00. The molecule has 0 aliphatic carbocycles. The van der Waals surface area contributed by atoms with Crippen molar-refractivity contribution < 1.29 is 4.43 Å². The summed E-state index contributed by atoms with van der Waals surface area (Å²) in [7, 11) is 0.0401. The number of hydrogen-bond donors (Lipinski definition) is 0. The molecule has 0 amide bonds. The smallest absolute Gasteiger partial charge is 0.192 e. The van der Waals surface area contributed by atoms with Gasteiger partial charge >= 0.3 is 0 Å². The number of rotatable bonds is 5. The van der Waals surface area contributed by atoms with E-state index in [0.717, 1.165) is 0 Å². The highest BCUT2D eigenvalue weighted by atomic mass is 28.4. The molecular weight excluding hydrogens is 252 g/mol. The summed E-state index contributed by atoms with van der Waals surface area (Å²) in [5.41, 5.74) is 2.41. The van der Waals surface area contributed by atoms with Crippen molar-refractivity contribution in [3.8, 4) is 0 Å². The summed E-state index contributed by atoms with van der Waals surface area (Å²) < 4.78 is 6.20. The standard InChI is InChI=1S/C15H26N2OSi/c1-15(2,3)19(5,6)18-12-14-9-7-13(8-10-14)11-17-16-4/h7-10H,11-12H2,1-6H3/b17-16-. The minimum Gasteiger partial charge on any atom is -0.413 e. The number of hydrogen-bond acceptors (Lipinski definition) is 3. The van der Waals surface area contributed by atoms with Crippen molar-refractivity contribution in [1.82, 2.24) is 0 Å².